The summed E-state index contributed by atoms with van der Waals surface area (Å²) in [4.78, 5) is 39.0. The lowest BCUT2D eigenvalue weighted by Crippen LogP contribution is -2.48. The number of aliphatic hydroxyl groups is 1. The van der Waals surface area contributed by atoms with E-state index in [-0.39, 0.29) is 30.7 Å². The average Bonchev–Trinajstić information content (AvgIpc) is 3.52. The molecule has 7 nitrogen and oxygen atoms in total. The molecule has 0 radical (unpaired) electrons. The second-order valence-corrected chi connectivity index (χ2v) is 11.2. The lowest BCUT2D eigenvalue weighted by Gasteiger charge is -2.29. The minimum atomic E-state index is -0.715. The number of likely N-dealkylation sites (tertiary alicyclic amines) is 1. The van der Waals surface area contributed by atoms with E-state index in [1.54, 1.807) is 17.5 Å². The zero-order valence-corrected chi connectivity index (χ0v) is 21.4. The highest BCUT2D eigenvalue weighted by Crippen LogP contribution is 2.33. The summed E-state index contributed by atoms with van der Waals surface area (Å²) < 4.78 is 0. The van der Waals surface area contributed by atoms with E-state index in [9.17, 15) is 14.7 Å². The Morgan fingerprint density at radius 1 is 1.21 bits per heavy atom. The van der Waals surface area contributed by atoms with Crippen molar-refractivity contribution in [2.75, 3.05) is 6.54 Å². The first-order valence-electron chi connectivity index (χ1n) is 11.4. The molecule has 3 heterocycles. The summed E-state index contributed by atoms with van der Waals surface area (Å²) in [6.45, 7) is 8.44. The van der Waals surface area contributed by atoms with E-state index in [4.69, 9.17) is 0 Å². The molecule has 1 aromatic carbocycles. The van der Waals surface area contributed by atoms with Gasteiger partial charge < -0.3 is 15.3 Å². The third-order valence-electron chi connectivity index (χ3n) is 6.13. The van der Waals surface area contributed by atoms with Crippen molar-refractivity contribution in [3.05, 3.63) is 57.1 Å². The summed E-state index contributed by atoms with van der Waals surface area (Å²) in [7, 11) is 0. The van der Waals surface area contributed by atoms with Gasteiger partial charge in [0.2, 0.25) is 11.8 Å². The van der Waals surface area contributed by atoms with E-state index in [2.05, 4.69) is 15.3 Å². The van der Waals surface area contributed by atoms with Crippen LogP contribution in [-0.2, 0) is 16.1 Å². The number of aliphatic hydroxyl groups excluding tert-OH is 1. The van der Waals surface area contributed by atoms with Gasteiger partial charge >= 0.3 is 0 Å². The summed E-state index contributed by atoms with van der Waals surface area (Å²) >= 11 is 3.11. The van der Waals surface area contributed by atoms with Gasteiger partial charge in [-0.25, -0.2) is 9.97 Å². The summed E-state index contributed by atoms with van der Waals surface area (Å²) in [6.07, 6.45) is 1.29. The third-order valence-corrected chi connectivity index (χ3v) is 8.10. The number of nitrogens with zero attached hydrogens (tertiary/aromatic N) is 3. The molecule has 4 rings (SSSR count). The van der Waals surface area contributed by atoms with Crippen LogP contribution in [-0.4, -0.2) is 50.5 Å². The maximum absolute atomic E-state index is 13.5. The van der Waals surface area contributed by atoms with Crippen LogP contribution in [0.4, 0.5) is 0 Å². The number of rotatable bonds is 7. The van der Waals surface area contributed by atoms with Crippen LogP contribution in [0.5, 0.6) is 0 Å². The molecule has 0 unspecified atom stereocenters. The van der Waals surface area contributed by atoms with Gasteiger partial charge in [-0.1, -0.05) is 38.1 Å². The Bertz CT molecular complexity index is 1160. The maximum atomic E-state index is 13.5. The smallest absolute Gasteiger partial charge is 0.243 e. The van der Waals surface area contributed by atoms with E-state index in [0.29, 0.717) is 6.54 Å². The molecule has 180 valence electrons. The highest BCUT2D eigenvalue weighted by molar-refractivity contribution is 7.13. The van der Waals surface area contributed by atoms with Crippen LogP contribution in [0.2, 0.25) is 0 Å². The van der Waals surface area contributed by atoms with E-state index in [0.717, 1.165) is 31.6 Å². The normalized spacial score (nSPS) is 18.9. The largest absolute Gasteiger partial charge is 0.391 e. The molecular formula is C25H30N4O3S2. The molecule has 2 N–H and O–H groups in total. The molecule has 1 fully saturated rings. The number of carbonyl (C=O) groups excluding carboxylic acids is 2. The van der Waals surface area contributed by atoms with Gasteiger partial charge in [0.05, 0.1) is 28.1 Å². The average molecular weight is 499 g/mol. The Hall–Kier alpha value is -2.62. The fourth-order valence-corrected chi connectivity index (χ4v) is 6.19. The number of aryl methyl sites for hydroxylation is 2. The number of amides is 2. The van der Waals surface area contributed by atoms with Crippen molar-refractivity contribution in [1.29, 1.82) is 0 Å². The lowest BCUT2D eigenvalue weighted by atomic mass is 9.94. The molecule has 2 aromatic heterocycles. The molecule has 1 aliphatic heterocycles. The van der Waals surface area contributed by atoms with Crippen molar-refractivity contribution < 1.29 is 14.7 Å². The van der Waals surface area contributed by atoms with Crippen molar-refractivity contribution in [2.24, 2.45) is 5.92 Å². The molecule has 0 spiro atoms. The van der Waals surface area contributed by atoms with Crippen molar-refractivity contribution in [1.82, 2.24) is 20.2 Å². The first-order valence-corrected chi connectivity index (χ1v) is 13.1. The number of nitrogens with one attached hydrogen (secondary N) is 1. The first-order chi connectivity index (χ1) is 16.2. The second kappa shape index (κ2) is 10.3. The van der Waals surface area contributed by atoms with Gasteiger partial charge in [-0.2, -0.15) is 0 Å². The van der Waals surface area contributed by atoms with Gasteiger partial charge in [0.25, 0.3) is 0 Å². The van der Waals surface area contributed by atoms with Crippen LogP contribution < -0.4 is 5.32 Å². The molecule has 0 bridgehead atoms. The highest BCUT2D eigenvalue weighted by atomic mass is 32.1. The Kier molecular flexibility index (Phi) is 7.45. The minimum absolute atomic E-state index is 0.0280. The van der Waals surface area contributed by atoms with E-state index < -0.39 is 18.1 Å². The van der Waals surface area contributed by atoms with E-state index >= 15 is 0 Å². The van der Waals surface area contributed by atoms with Crippen LogP contribution in [0, 0.1) is 19.8 Å². The van der Waals surface area contributed by atoms with Crippen molar-refractivity contribution >= 4 is 34.5 Å². The fourth-order valence-electron chi connectivity index (χ4n) is 4.34. The van der Waals surface area contributed by atoms with Crippen LogP contribution >= 0.6 is 22.7 Å². The third kappa shape index (κ3) is 5.21. The number of hydrogen-bond donors (Lipinski definition) is 2. The Labute approximate surface area is 207 Å². The summed E-state index contributed by atoms with van der Waals surface area (Å²) in [5.74, 6) is -0.794. The number of aromatic nitrogens is 2. The number of thiazole rings is 2. The minimum Gasteiger partial charge on any atom is -0.391 e. The van der Waals surface area contributed by atoms with E-state index in [1.165, 1.54) is 16.2 Å². The number of carbonyl (C=O) groups is 2. The second-order valence-electron chi connectivity index (χ2n) is 9.11. The van der Waals surface area contributed by atoms with Crippen molar-refractivity contribution in [3.63, 3.8) is 0 Å². The van der Waals surface area contributed by atoms with Gasteiger partial charge in [0.1, 0.15) is 11.0 Å². The molecule has 0 saturated carbocycles. The monoisotopic (exact) mass is 498 g/mol. The van der Waals surface area contributed by atoms with Gasteiger partial charge in [-0.05, 0) is 30.9 Å². The topological polar surface area (TPSA) is 95.4 Å². The maximum Gasteiger partial charge on any atom is 0.243 e. The Morgan fingerprint density at radius 2 is 1.94 bits per heavy atom. The Balaban J connectivity index is 1.43. The lowest BCUT2D eigenvalue weighted by molar-refractivity contribution is -0.140. The number of β-amino-alcohol motifs (C(OH)–C–C–N with tert-alkyl or cyclic N) is 1. The molecule has 1 aliphatic rings. The summed E-state index contributed by atoms with van der Waals surface area (Å²) in [5.41, 5.74) is 4.90. The number of hydrogen-bond acceptors (Lipinski definition) is 7. The van der Waals surface area contributed by atoms with Crippen LogP contribution in [0.15, 0.2) is 36.0 Å². The Morgan fingerprint density at radius 3 is 2.53 bits per heavy atom. The van der Waals surface area contributed by atoms with Crippen LogP contribution in [0.3, 0.4) is 0 Å². The SMILES string of the molecule is Cc1cnc([C@H](C(=O)N2C[C@H](O)C[C@H]2C(=O)NCc2ccc(-c3scnc3C)cc2)C(C)C)s1. The summed E-state index contributed by atoms with van der Waals surface area (Å²) in [6, 6.07) is 7.34. The van der Waals surface area contributed by atoms with Crippen LogP contribution in [0.1, 0.15) is 47.3 Å². The number of benzene rings is 1. The fraction of sp³-hybridized carbons (Fsp3) is 0.440. The van der Waals surface area contributed by atoms with Crippen molar-refractivity contribution in [2.45, 2.75) is 58.7 Å². The predicted octanol–water partition coefficient (Wildman–Crippen LogP) is 3.90. The zero-order chi connectivity index (χ0) is 24.4. The van der Waals surface area contributed by atoms with Gasteiger partial charge in [-0.3, -0.25) is 9.59 Å². The van der Waals surface area contributed by atoms with Gasteiger partial charge in [0.15, 0.2) is 0 Å². The first kappa shape index (κ1) is 24.5. The predicted molar refractivity (Wildman–Crippen MR) is 135 cm³/mol. The summed E-state index contributed by atoms with van der Waals surface area (Å²) in [5, 5.41) is 14.0. The quantitative estimate of drug-likeness (QED) is 0.515. The molecule has 3 aromatic rings. The van der Waals surface area contributed by atoms with Crippen molar-refractivity contribution in [3.8, 4) is 10.4 Å². The molecule has 0 aliphatic carbocycles. The van der Waals surface area contributed by atoms with Gasteiger partial charge in [-0.15, -0.1) is 22.7 Å². The molecule has 2 amide bonds. The molecule has 1 saturated heterocycles. The molecular weight excluding hydrogens is 468 g/mol. The van der Waals surface area contributed by atoms with Crippen LogP contribution in [0.25, 0.3) is 10.4 Å². The van der Waals surface area contributed by atoms with Gasteiger partial charge in [0, 0.05) is 30.6 Å². The van der Waals surface area contributed by atoms with E-state index in [1.807, 2.05) is 57.5 Å². The standard InChI is InChI=1S/C25H30N4O3S2/c1-14(2)21(24-27-10-15(3)34-24)25(32)29-12-19(30)9-20(29)23(31)26-11-17-5-7-18(8-6-17)22-16(4)28-13-33-22/h5-8,10,13-14,19-21,30H,9,11-12H2,1-4H3,(H,26,31)/t19-,20+,21-/m1/s1. The zero-order valence-electron chi connectivity index (χ0n) is 19.8. The molecule has 3 atom stereocenters. The highest BCUT2D eigenvalue weighted by Gasteiger charge is 2.42. The molecule has 34 heavy (non-hydrogen) atoms. The molecule has 9 heteroatoms.